The highest BCUT2D eigenvalue weighted by Gasteiger charge is 2.24. The third-order valence-corrected chi connectivity index (χ3v) is 3.25. The second kappa shape index (κ2) is 8.02. The fourth-order valence-corrected chi connectivity index (χ4v) is 2.20. The molecular weight excluding hydrogens is 280 g/mol. The molecule has 0 radical (unpaired) electrons. The molecule has 0 saturated carbocycles. The SMILES string of the molecule is CCOC(=O)CCC(C(=O)c1cccnc1)c1ccccn1. The van der Waals surface area contributed by atoms with Crippen LogP contribution in [0.3, 0.4) is 0 Å². The van der Waals surface area contributed by atoms with Crippen molar-refractivity contribution in [3.8, 4) is 0 Å². The fourth-order valence-electron chi connectivity index (χ4n) is 2.20. The van der Waals surface area contributed by atoms with Crippen molar-refractivity contribution in [2.75, 3.05) is 6.61 Å². The van der Waals surface area contributed by atoms with Crippen LogP contribution in [0.2, 0.25) is 0 Å². The predicted molar refractivity (Wildman–Crippen MR) is 81.4 cm³/mol. The van der Waals surface area contributed by atoms with Gasteiger partial charge < -0.3 is 4.74 Å². The Labute approximate surface area is 129 Å². The van der Waals surface area contributed by atoms with Crippen molar-refractivity contribution in [1.29, 1.82) is 0 Å². The number of nitrogens with zero attached hydrogens (tertiary/aromatic N) is 2. The quantitative estimate of drug-likeness (QED) is 0.580. The lowest BCUT2D eigenvalue weighted by molar-refractivity contribution is -0.143. The van der Waals surface area contributed by atoms with Crippen LogP contribution in [-0.4, -0.2) is 28.3 Å². The number of aromatic nitrogens is 2. The van der Waals surface area contributed by atoms with Crippen LogP contribution in [0.25, 0.3) is 0 Å². The summed E-state index contributed by atoms with van der Waals surface area (Å²) in [6.07, 6.45) is 5.34. The van der Waals surface area contributed by atoms with Gasteiger partial charge in [-0.15, -0.1) is 0 Å². The minimum absolute atomic E-state index is 0.0869. The number of carbonyl (C=O) groups is 2. The molecule has 0 amide bonds. The van der Waals surface area contributed by atoms with Crippen molar-refractivity contribution in [2.45, 2.75) is 25.7 Å². The first-order valence-electron chi connectivity index (χ1n) is 7.23. The van der Waals surface area contributed by atoms with Gasteiger partial charge in [0.05, 0.1) is 18.2 Å². The number of ether oxygens (including phenoxy) is 1. The molecule has 0 aliphatic rings. The van der Waals surface area contributed by atoms with Gasteiger partial charge in [-0.25, -0.2) is 0 Å². The van der Waals surface area contributed by atoms with Gasteiger partial charge >= 0.3 is 5.97 Å². The summed E-state index contributed by atoms with van der Waals surface area (Å²) in [4.78, 5) is 32.5. The molecule has 2 rings (SSSR count). The van der Waals surface area contributed by atoms with E-state index in [-0.39, 0.29) is 18.2 Å². The summed E-state index contributed by atoms with van der Waals surface area (Å²) in [5, 5.41) is 0. The van der Waals surface area contributed by atoms with E-state index in [1.807, 2.05) is 6.07 Å². The number of hydrogen-bond donors (Lipinski definition) is 0. The zero-order valence-corrected chi connectivity index (χ0v) is 12.4. The number of rotatable bonds is 7. The van der Waals surface area contributed by atoms with Crippen molar-refractivity contribution in [1.82, 2.24) is 9.97 Å². The first kappa shape index (κ1) is 15.8. The summed E-state index contributed by atoms with van der Waals surface area (Å²) in [6.45, 7) is 2.10. The molecule has 0 N–H and O–H groups in total. The lowest BCUT2D eigenvalue weighted by Crippen LogP contribution is -2.17. The third-order valence-electron chi connectivity index (χ3n) is 3.25. The molecular formula is C17H18N2O3. The number of esters is 1. The van der Waals surface area contributed by atoms with Crippen molar-refractivity contribution in [2.24, 2.45) is 0 Å². The van der Waals surface area contributed by atoms with E-state index in [4.69, 9.17) is 4.74 Å². The maximum Gasteiger partial charge on any atom is 0.305 e. The normalized spacial score (nSPS) is 11.7. The highest BCUT2D eigenvalue weighted by atomic mass is 16.5. The largest absolute Gasteiger partial charge is 0.466 e. The van der Waals surface area contributed by atoms with Gasteiger partial charge in [-0.2, -0.15) is 0 Å². The Bertz CT molecular complexity index is 614. The minimum atomic E-state index is -0.477. The summed E-state index contributed by atoms with van der Waals surface area (Å²) < 4.78 is 4.93. The highest BCUT2D eigenvalue weighted by molar-refractivity contribution is 6.00. The van der Waals surface area contributed by atoms with Gasteiger partial charge in [0.25, 0.3) is 0 Å². The number of carbonyl (C=O) groups excluding carboxylic acids is 2. The summed E-state index contributed by atoms with van der Waals surface area (Å²) in [5.74, 6) is -0.867. The highest BCUT2D eigenvalue weighted by Crippen LogP contribution is 2.24. The Hall–Kier alpha value is -2.56. The molecule has 0 saturated heterocycles. The van der Waals surface area contributed by atoms with Crippen molar-refractivity contribution in [3.05, 3.63) is 60.2 Å². The van der Waals surface area contributed by atoms with Gasteiger partial charge in [-0.05, 0) is 37.6 Å². The molecule has 0 spiro atoms. The summed E-state index contributed by atoms with van der Waals surface area (Å²) in [7, 11) is 0. The van der Waals surface area contributed by atoms with Gasteiger partial charge in [-0.3, -0.25) is 19.6 Å². The van der Waals surface area contributed by atoms with Crippen molar-refractivity contribution >= 4 is 11.8 Å². The van der Waals surface area contributed by atoms with Crippen LogP contribution in [0.1, 0.15) is 41.7 Å². The molecule has 2 aromatic rings. The molecule has 0 fully saturated rings. The summed E-state index contributed by atoms with van der Waals surface area (Å²) >= 11 is 0. The van der Waals surface area contributed by atoms with Crippen LogP contribution in [0.5, 0.6) is 0 Å². The molecule has 5 nitrogen and oxygen atoms in total. The lowest BCUT2D eigenvalue weighted by atomic mass is 9.90. The smallest absolute Gasteiger partial charge is 0.305 e. The maximum absolute atomic E-state index is 12.7. The van der Waals surface area contributed by atoms with Crippen LogP contribution < -0.4 is 0 Å². The fraction of sp³-hybridized carbons (Fsp3) is 0.294. The van der Waals surface area contributed by atoms with Gasteiger partial charge in [0, 0.05) is 30.6 Å². The molecule has 0 aromatic carbocycles. The van der Waals surface area contributed by atoms with E-state index in [9.17, 15) is 9.59 Å². The van der Waals surface area contributed by atoms with Crippen LogP contribution in [0, 0.1) is 0 Å². The van der Waals surface area contributed by atoms with Crippen LogP contribution in [0.15, 0.2) is 48.9 Å². The molecule has 0 bridgehead atoms. The summed E-state index contributed by atoms with van der Waals surface area (Å²) in [6, 6.07) is 8.85. The Morgan fingerprint density at radius 2 is 2.05 bits per heavy atom. The number of pyridine rings is 2. The molecule has 5 heteroatoms. The van der Waals surface area contributed by atoms with E-state index < -0.39 is 5.92 Å². The van der Waals surface area contributed by atoms with Gasteiger partial charge in [-0.1, -0.05) is 6.07 Å². The van der Waals surface area contributed by atoms with Gasteiger partial charge in [0.15, 0.2) is 5.78 Å². The van der Waals surface area contributed by atoms with Crippen LogP contribution in [-0.2, 0) is 9.53 Å². The van der Waals surface area contributed by atoms with Crippen LogP contribution in [0.4, 0.5) is 0 Å². The molecule has 22 heavy (non-hydrogen) atoms. The minimum Gasteiger partial charge on any atom is -0.466 e. The zero-order chi connectivity index (χ0) is 15.8. The third kappa shape index (κ3) is 4.22. The number of ketones is 1. The monoisotopic (exact) mass is 298 g/mol. The standard InChI is InChI=1S/C17H18N2O3/c1-2-22-16(20)9-8-14(15-7-3-4-11-19-15)17(21)13-6-5-10-18-12-13/h3-7,10-12,14H,2,8-9H2,1H3. The van der Waals surface area contributed by atoms with Gasteiger partial charge in [0.1, 0.15) is 0 Å². The van der Waals surface area contributed by atoms with E-state index >= 15 is 0 Å². The molecule has 0 aliphatic heterocycles. The van der Waals surface area contributed by atoms with E-state index in [2.05, 4.69) is 9.97 Å². The Morgan fingerprint density at radius 1 is 1.18 bits per heavy atom. The molecule has 1 unspecified atom stereocenters. The average Bonchev–Trinajstić information content (AvgIpc) is 2.57. The van der Waals surface area contributed by atoms with E-state index in [0.29, 0.717) is 24.3 Å². The second-order valence-corrected chi connectivity index (χ2v) is 4.76. The van der Waals surface area contributed by atoms with Gasteiger partial charge in [0.2, 0.25) is 0 Å². The van der Waals surface area contributed by atoms with Crippen LogP contribution >= 0.6 is 0 Å². The molecule has 1 atom stereocenters. The molecule has 114 valence electrons. The summed E-state index contributed by atoms with van der Waals surface area (Å²) in [5.41, 5.74) is 1.17. The maximum atomic E-state index is 12.7. The Morgan fingerprint density at radius 3 is 2.68 bits per heavy atom. The van der Waals surface area contributed by atoms with Crippen molar-refractivity contribution in [3.63, 3.8) is 0 Å². The topological polar surface area (TPSA) is 69.2 Å². The first-order valence-corrected chi connectivity index (χ1v) is 7.23. The van der Waals surface area contributed by atoms with Crippen molar-refractivity contribution < 1.29 is 14.3 Å². The Kier molecular flexibility index (Phi) is 5.77. The number of hydrogen-bond acceptors (Lipinski definition) is 5. The van der Waals surface area contributed by atoms with E-state index in [1.165, 1.54) is 6.20 Å². The molecule has 0 aliphatic carbocycles. The lowest BCUT2D eigenvalue weighted by Gasteiger charge is -2.15. The zero-order valence-electron chi connectivity index (χ0n) is 12.4. The Balaban J connectivity index is 2.19. The first-order chi connectivity index (χ1) is 10.7. The average molecular weight is 298 g/mol. The molecule has 2 heterocycles. The van der Waals surface area contributed by atoms with E-state index in [0.717, 1.165) is 0 Å². The molecule has 2 aromatic heterocycles. The van der Waals surface area contributed by atoms with E-state index in [1.54, 1.807) is 43.6 Å². The number of Topliss-reactive ketones (excluding diaryl/α,β-unsaturated/α-hetero) is 1. The predicted octanol–water partition coefficient (Wildman–Crippen LogP) is 2.79. The second-order valence-electron chi connectivity index (χ2n) is 4.76.